The first kappa shape index (κ1) is 19.5. The molecule has 0 aliphatic carbocycles. The van der Waals surface area contributed by atoms with Crippen molar-refractivity contribution in [2.45, 2.75) is 33.6 Å². The average molecular weight is 376 g/mol. The second-order valence-corrected chi connectivity index (χ2v) is 6.83. The summed E-state index contributed by atoms with van der Waals surface area (Å²) in [7, 11) is 0. The van der Waals surface area contributed by atoms with Crippen molar-refractivity contribution in [3.05, 3.63) is 34.3 Å². The monoisotopic (exact) mass is 376 g/mol. The maximum Gasteiger partial charge on any atom is 0.306 e. The molecule has 0 saturated carbocycles. The summed E-state index contributed by atoms with van der Waals surface area (Å²) in [6, 6.07) is 5.66. The second kappa shape index (κ2) is 9.04. The van der Waals surface area contributed by atoms with Gasteiger partial charge in [0, 0.05) is 12.1 Å². The molecule has 0 bridgehead atoms. The molecule has 0 aliphatic rings. The van der Waals surface area contributed by atoms with Crippen molar-refractivity contribution in [2.75, 3.05) is 17.2 Å². The van der Waals surface area contributed by atoms with Crippen LogP contribution in [0.15, 0.2) is 18.2 Å². The van der Waals surface area contributed by atoms with E-state index in [4.69, 9.17) is 4.74 Å². The van der Waals surface area contributed by atoms with Gasteiger partial charge in [0.25, 0.3) is 5.91 Å². The van der Waals surface area contributed by atoms with E-state index in [0.29, 0.717) is 10.8 Å². The molecular formula is C17H20N4O4S. The van der Waals surface area contributed by atoms with Gasteiger partial charge in [0.15, 0.2) is 6.61 Å². The fourth-order valence-corrected chi connectivity index (χ4v) is 2.76. The van der Waals surface area contributed by atoms with Gasteiger partial charge in [-0.1, -0.05) is 29.5 Å². The third kappa shape index (κ3) is 5.92. The van der Waals surface area contributed by atoms with E-state index < -0.39 is 18.5 Å². The van der Waals surface area contributed by atoms with Gasteiger partial charge in [0.2, 0.25) is 11.0 Å². The van der Waals surface area contributed by atoms with Crippen LogP contribution >= 0.6 is 11.3 Å². The maximum atomic E-state index is 11.9. The summed E-state index contributed by atoms with van der Waals surface area (Å²) in [4.78, 5) is 35.3. The highest BCUT2D eigenvalue weighted by Crippen LogP contribution is 2.19. The lowest BCUT2D eigenvalue weighted by atomic mass is 10.1. The van der Waals surface area contributed by atoms with E-state index >= 15 is 0 Å². The SMILES string of the molecule is Cc1nnc(NC(=O)CCC(=O)OCC(=O)Nc2c(C)cccc2C)s1. The van der Waals surface area contributed by atoms with Gasteiger partial charge < -0.3 is 15.4 Å². The summed E-state index contributed by atoms with van der Waals surface area (Å²) in [5, 5.41) is 13.9. The Kier molecular flexibility index (Phi) is 6.79. The zero-order valence-electron chi connectivity index (χ0n) is 14.8. The van der Waals surface area contributed by atoms with Gasteiger partial charge in [-0.3, -0.25) is 14.4 Å². The first-order valence-corrected chi connectivity index (χ1v) is 8.78. The number of hydrogen-bond donors (Lipinski definition) is 2. The number of esters is 1. The predicted octanol–water partition coefficient (Wildman–Crippen LogP) is 2.36. The normalized spacial score (nSPS) is 10.3. The Bertz CT molecular complexity index is 799. The summed E-state index contributed by atoms with van der Waals surface area (Å²) in [5.41, 5.74) is 2.56. The van der Waals surface area contributed by atoms with Crippen LogP contribution in [0.25, 0.3) is 0 Å². The minimum atomic E-state index is -0.620. The van der Waals surface area contributed by atoms with Crippen molar-refractivity contribution in [1.82, 2.24) is 10.2 Å². The van der Waals surface area contributed by atoms with Crippen LogP contribution in [-0.2, 0) is 19.1 Å². The van der Waals surface area contributed by atoms with Gasteiger partial charge in [-0.2, -0.15) is 0 Å². The minimum absolute atomic E-state index is 0.0595. The van der Waals surface area contributed by atoms with Crippen LogP contribution in [0.1, 0.15) is 29.0 Å². The molecule has 2 N–H and O–H groups in total. The Labute approximate surface area is 155 Å². The van der Waals surface area contributed by atoms with Crippen LogP contribution < -0.4 is 10.6 Å². The number of nitrogens with one attached hydrogen (secondary N) is 2. The lowest BCUT2D eigenvalue weighted by Gasteiger charge is -2.11. The highest BCUT2D eigenvalue weighted by Gasteiger charge is 2.13. The lowest BCUT2D eigenvalue weighted by Crippen LogP contribution is -2.22. The smallest absolute Gasteiger partial charge is 0.306 e. The molecule has 138 valence electrons. The number of rotatable bonds is 7. The molecule has 0 radical (unpaired) electrons. The Hall–Kier alpha value is -2.81. The molecule has 0 saturated heterocycles. The van der Waals surface area contributed by atoms with E-state index in [0.717, 1.165) is 16.1 Å². The van der Waals surface area contributed by atoms with Gasteiger partial charge in [-0.25, -0.2) is 0 Å². The van der Waals surface area contributed by atoms with Gasteiger partial charge in [-0.05, 0) is 31.9 Å². The average Bonchev–Trinajstić information content (AvgIpc) is 2.99. The number of benzene rings is 1. The molecule has 0 unspecified atom stereocenters. The molecule has 2 amide bonds. The molecule has 9 heteroatoms. The van der Waals surface area contributed by atoms with Crippen LogP contribution in [0.5, 0.6) is 0 Å². The molecule has 0 atom stereocenters. The van der Waals surface area contributed by atoms with Crippen molar-refractivity contribution in [2.24, 2.45) is 0 Å². The van der Waals surface area contributed by atoms with Crippen molar-refractivity contribution in [3.63, 3.8) is 0 Å². The van der Waals surface area contributed by atoms with Gasteiger partial charge in [0.1, 0.15) is 5.01 Å². The quantitative estimate of drug-likeness (QED) is 0.718. The first-order chi connectivity index (χ1) is 12.3. The Morgan fingerprint density at radius 2 is 1.69 bits per heavy atom. The van der Waals surface area contributed by atoms with Gasteiger partial charge >= 0.3 is 5.97 Å². The third-order valence-electron chi connectivity index (χ3n) is 3.44. The number of nitrogens with zero attached hydrogens (tertiary/aromatic N) is 2. The van der Waals surface area contributed by atoms with Crippen molar-refractivity contribution < 1.29 is 19.1 Å². The number of aromatic nitrogens is 2. The van der Waals surface area contributed by atoms with Crippen molar-refractivity contribution >= 4 is 39.9 Å². The van der Waals surface area contributed by atoms with Crippen LogP contribution in [0.2, 0.25) is 0 Å². The van der Waals surface area contributed by atoms with Gasteiger partial charge in [-0.15, -0.1) is 10.2 Å². The number of carbonyl (C=O) groups excluding carboxylic acids is 3. The topological polar surface area (TPSA) is 110 Å². The maximum absolute atomic E-state index is 11.9. The lowest BCUT2D eigenvalue weighted by molar-refractivity contribution is -0.147. The van der Waals surface area contributed by atoms with Gasteiger partial charge in [0.05, 0.1) is 6.42 Å². The molecule has 0 aliphatic heterocycles. The number of anilines is 2. The van der Waals surface area contributed by atoms with E-state index in [1.54, 1.807) is 6.92 Å². The molecule has 1 heterocycles. The van der Waals surface area contributed by atoms with E-state index in [1.165, 1.54) is 11.3 Å². The fourth-order valence-electron chi connectivity index (χ4n) is 2.15. The van der Waals surface area contributed by atoms with Crippen LogP contribution in [0.4, 0.5) is 10.8 Å². The van der Waals surface area contributed by atoms with Crippen LogP contribution in [0, 0.1) is 20.8 Å². The molecule has 0 fully saturated rings. The minimum Gasteiger partial charge on any atom is -0.456 e. The molecule has 2 rings (SSSR count). The number of hydrogen-bond acceptors (Lipinski definition) is 7. The molecule has 26 heavy (non-hydrogen) atoms. The zero-order valence-corrected chi connectivity index (χ0v) is 15.6. The second-order valence-electron chi connectivity index (χ2n) is 5.65. The molecule has 2 aromatic rings. The van der Waals surface area contributed by atoms with Crippen molar-refractivity contribution in [1.29, 1.82) is 0 Å². The summed E-state index contributed by atoms with van der Waals surface area (Å²) in [6.45, 7) is 5.14. The molecule has 0 spiro atoms. The Balaban J connectivity index is 1.71. The largest absolute Gasteiger partial charge is 0.456 e. The number of para-hydroxylation sites is 1. The number of carbonyl (C=O) groups is 3. The number of amides is 2. The van der Waals surface area contributed by atoms with Crippen LogP contribution in [0.3, 0.4) is 0 Å². The standard InChI is InChI=1S/C17H20N4O4S/c1-10-5-4-6-11(2)16(10)18-14(23)9-25-15(24)8-7-13(22)19-17-21-20-12(3)26-17/h4-6H,7-9H2,1-3H3,(H,18,23)(H,19,21,22). The zero-order chi connectivity index (χ0) is 19.1. The molecule has 8 nitrogen and oxygen atoms in total. The van der Waals surface area contributed by atoms with E-state index in [2.05, 4.69) is 20.8 Å². The third-order valence-corrected chi connectivity index (χ3v) is 4.19. The highest BCUT2D eigenvalue weighted by atomic mass is 32.1. The Morgan fingerprint density at radius 1 is 1.00 bits per heavy atom. The summed E-state index contributed by atoms with van der Waals surface area (Å²) in [6.07, 6.45) is -0.184. The highest BCUT2D eigenvalue weighted by molar-refractivity contribution is 7.15. The summed E-state index contributed by atoms with van der Waals surface area (Å²) < 4.78 is 4.90. The molecule has 1 aromatic heterocycles. The van der Waals surface area contributed by atoms with E-state index in [-0.39, 0.29) is 18.7 Å². The van der Waals surface area contributed by atoms with E-state index in [1.807, 2.05) is 32.0 Å². The molecule has 1 aromatic carbocycles. The van der Waals surface area contributed by atoms with E-state index in [9.17, 15) is 14.4 Å². The summed E-state index contributed by atoms with van der Waals surface area (Å²) in [5.74, 6) is -1.41. The summed E-state index contributed by atoms with van der Waals surface area (Å²) >= 11 is 1.24. The first-order valence-electron chi connectivity index (χ1n) is 7.97. The van der Waals surface area contributed by atoms with Crippen molar-refractivity contribution in [3.8, 4) is 0 Å². The van der Waals surface area contributed by atoms with Crippen LogP contribution in [-0.4, -0.2) is 34.6 Å². The predicted molar refractivity (Wildman–Crippen MR) is 98.0 cm³/mol. The fraction of sp³-hybridized carbons (Fsp3) is 0.353. The Morgan fingerprint density at radius 3 is 2.31 bits per heavy atom. The molecular weight excluding hydrogens is 356 g/mol. The number of ether oxygens (including phenoxy) is 1. The number of aryl methyl sites for hydroxylation is 3.